The molecule has 7 atom stereocenters. The van der Waals surface area contributed by atoms with Gasteiger partial charge in [0.1, 0.15) is 18.2 Å². The third kappa shape index (κ3) is 5.25. The molecule has 45 heavy (non-hydrogen) atoms. The van der Waals surface area contributed by atoms with Crippen LogP contribution in [-0.2, 0) is 32.2 Å². The molecule has 0 saturated carbocycles. The molecule has 1 N–H and O–H groups in total. The van der Waals surface area contributed by atoms with E-state index in [1.54, 1.807) is 38.4 Å². The highest BCUT2D eigenvalue weighted by Crippen LogP contribution is 2.69. The maximum atomic E-state index is 15.0. The van der Waals surface area contributed by atoms with Crippen LogP contribution >= 0.6 is 11.8 Å². The second-order valence-electron chi connectivity index (χ2n) is 12.1. The summed E-state index contributed by atoms with van der Waals surface area (Å²) in [6.45, 7) is 9.86. The lowest BCUT2D eigenvalue weighted by molar-refractivity contribution is -0.155. The Morgan fingerprint density at radius 3 is 2.67 bits per heavy atom. The van der Waals surface area contributed by atoms with Crippen LogP contribution < -0.4 is 0 Å². The van der Waals surface area contributed by atoms with Gasteiger partial charge in [-0.2, -0.15) is 0 Å². The molecule has 2 bridgehead atoms. The predicted molar refractivity (Wildman–Crippen MR) is 172 cm³/mol. The molecule has 11 heteroatoms. The van der Waals surface area contributed by atoms with Crippen LogP contribution in [0.2, 0.25) is 0 Å². The minimum atomic E-state index is -0.915. The molecule has 3 saturated heterocycles. The summed E-state index contributed by atoms with van der Waals surface area (Å²) in [5.41, 5.74) is 2.42. The van der Waals surface area contributed by atoms with Gasteiger partial charge in [0, 0.05) is 11.8 Å². The number of likely N-dealkylation sites (tertiary alicyclic amines) is 1. The van der Waals surface area contributed by atoms with Gasteiger partial charge >= 0.3 is 5.97 Å². The number of carbonyl (C=O) groups is 3. The summed E-state index contributed by atoms with van der Waals surface area (Å²) in [5, 5.41) is 19.2. The molecule has 10 nitrogen and oxygen atoms in total. The Balaban J connectivity index is 1.42. The summed E-state index contributed by atoms with van der Waals surface area (Å²) in [5.74, 6) is -2.41. The van der Waals surface area contributed by atoms with E-state index in [1.807, 2.05) is 54.6 Å². The smallest absolute Gasteiger partial charge is 0.310 e. The quantitative estimate of drug-likeness (QED) is 0.174. The Labute approximate surface area is 267 Å². The standard InChI is InChI=1S/C34H39N5O5S/c1-4-6-17-44-33(43)28-27-18-22(3)34(45-27)29(28)31(41)39(24(20-40)19-23-12-8-7-9-13-23)30(34)32(42)37(16-5-2)21-38-26-15-11-10-14-25(26)35-36-38/h4-5,7-15,22,24,27-30,40H,1-2,6,16-21H2,3H3/t22?,24-,27+,28-,29+,30?,34?/m1/s1. The zero-order chi connectivity index (χ0) is 31.7. The van der Waals surface area contributed by atoms with Crippen LogP contribution in [0.4, 0.5) is 0 Å². The van der Waals surface area contributed by atoms with Crippen LogP contribution in [0.25, 0.3) is 11.0 Å². The molecule has 3 aliphatic heterocycles. The van der Waals surface area contributed by atoms with E-state index >= 15 is 0 Å². The van der Waals surface area contributed by atoms with E-state index in [9.17, 15) is 19.5 Å². The number of esters is 1. The zero-order valence-corrected chi connectivity index (χ0v) is 26.2. The van der Waals surface area contributed by atoms with Crippen molar-refractivity contribution in [1.82, 2.24) is 24.8 Å². The van der Waals surface area contributed by atoms with E-state index in [-0.39, 0.29) is 49.4 Å². The Morgan fingerprint density at radius 2 is 1.93 bits per heavy atom. The van der Waals surface area contributed by atoms with Crippen LogP contribution in [-0.4, -0.2) is 89.5 Å². The fraction of sp³-hybridized carbons (Fsp3) is 0.441. The number of thioether (sulfide) groups is 1. The Morgan fingerprint density at radius 1 is 1.18 bits per heavy atom. The van der Waals surface area contributed by atoms with Gasteiger partial charge in [0.15, 0.2) is 0 Å². The molecule has 1 spiro atoms. The van der Waals surface area contributed by atoms with Gasteiger partial charge in [-0.05, 0) is 42.9 Å². The van der Waals surface area contributed by atoms with Gasteiger partial charge in [0.05, 0.1) is 41.4 Å². The lowest BCUT2D eigenvalue weighted by Gasteiger charge is -2.42. The molecule has 3 aliphatic rings. The number of benzene rings is 2. The number of nitrogens with zero attached hydrogens (tertiary/aromatic N) is 5. The molecular formula is C34H39N5O5S. The number of aliphatic hydroxyl groups excluding tert-OH is 1. The first-order valence-electron chi connectivity index (χ1n) is 15.5. The van der Waals surface area contributed by atoms with Crippen molar-refractivity contribution < 1.29 is 24.2 Å². The van der Waals surface area contributed by atoms with E-state index in [0.717, 1.165) is 11.1 Å². The SMILES string of the molecule is C=CCCOC(=O)[C@@H]1[C@@H]2CC(C)C3(S2)C(C(=O)N(CC=C)Cn2nnc4ccccc42)N([C@@H](CO)Cc2ccccc2)C(=O)[C@H]13. The summed E-state index contributed by atoms with van der Waals surface area (Å²) in [7, 11) is 0. The van der Waals surface area contributed by atoms with Gasteiger partial charge in [-0.15, -0.1) is 30.0 Å². The molecule has 3 unspecified atom stereocenters. The first-order chi connectivity index (χ1) is 21.8. The molecule has 3 fully saturated rings. The number of hydrogen-bond donors (Lipinski definition) is 1. The second-order valence-corrected chi connectivity index (χ2v) is 13.7. The third-order valence-electron chi connectivity index (χ3n) is 9.56. The van der Waals surface area contributed by atoms with Gasteiger partial charge < -0.3 is 19.6 Å². The summed E-state index contributed by atoms with van der Waals surface area (Å²) >= 11 is 1.58. The van der Waals surface area contributed by atoms with Crippen molar-refractivity contribution in [3.63, 3.8) is 0 Å². The maximum Gasteiger partial charge on any atom is 0.310 e. The largest absolute Gasteiger partial charge is 0.465 e. The molecule has 0 radical (unpaired) electrons. The van der Waals surface area contributed by atoms with Gasteiger partial charge in [0.25, 0.3) is 0 Å². The number of ether oxygens (including phenoxy) is 1. The molecule has 2 amide bonds. The average Bonchev–Trinajstić information content (AvgIpc) is 3.77. The number of rotatable bonds is 13. The van der Waals surface area contributed by atoms with E-state index in [4.69, 9.17) is 4.74 Å². The third-order valence-corrected chi connectivity index (χ3v) is 11.6. The molecule has 3 aromatic rings. The molecule has 2 aromatic carbocycles. The van der Waals surface area contributed by atoms with Crippen LogP contribution in [0.3, 0.4) is 0 Å². The maximum absolute atomic E-state index is 15.0. The number of para-hydroxylation sites is 1. The highest BCUT2D eigenvalue weighted by atomic mass is 32.2. The summed E-state index contributed by atoms with van der Waals surface area (Å²) in [4.78, 5) is 46.5. The van der Waals surface area contributed by atoms with Crippen LogP contribution in [0.5, 0.6) is 0 Å². The zero-order valence-electron chi connectivity index (χ0n) is 25.4. The first-order valence-corrected chi connectivity index (χ1v) is 16.3. The van der Waals surface area contributed by atoms with E-state index in [1.165, 1.54) is 0 Å². The minimum Gasteiger partial charge on any atom is -0.465 e. The van der Waals surface area contributed by atoms with Gasteiger partial charge in [-0.1, -0.05) is 66.8 Å². The average molecular weight is 630 g/mol. The fourth-order valence-electron chi connectivity index (χ4n) is 7.61. The molecule has 236 valence electrons. The van der Waals surface area contributed by atoms with Crippen LogP contribution in [0.1, 0.15) is 25.3 Å². The van der Waals surface area contributed by atoms with Crippen molar-refractivity contribution in [2.75, 3.05) is 19.8 Å². The molecule has 6 rings (SSSR count). The second kappa shape index (κ2) is 12.8. The Bertz CT molecular complexity index is 1600. The van der Waals surface area contributed by atoms with Crippen molar-refractivity contribution >= 4 is 40.6 Å². The number of amides is 2. The van der Waals surface area contributed by atoms with Crippen LogP contribution in [0.15, 0.2) is 79.9 Å². The summed E-state index contributed by atoms with van der Waals surface area (Å²) < 4.78 is 6.45. The van der Waals surface area contributed by atoms with Crippen molar-refractivity contribution in [3.05, 3.63) is 85.5 Å². The van der Waals surface area contributed by atoms with Gasteiger partial charge in [0.2, 0.25) is 11.8 Å². The van der Waals surface area contributed by atoms with Crippen molar-refractivity contribution in [1.29, 1.82) is 0 Å². The molecule has 4 heterocycles. The molecule has 1 aromatic heterocycles. The van der Waals surface area contributed by atoms with E-state index in [2.05, 4.69) is 30.4 Å². The minimum absolute atomic E-state index is 0.0357. The normalized spacial score (nSPS) is 27.4. The molecule has 0 aliphatic carbocycles. The van der Waals surface area contributed by atoms with Crippen molar-refractivity contribution in [2.24, 2.45) is 17.8 Å². The number of fused-ring (bicyclic) bond motifs is 2. The van der Waals surface area contributed by atoms with Crippen LogP contribution in [0, 0.1) is 17.8 Å². The van der Waals surface area contributed by atoms with Crippen molar-refractivity contribution in [3.8, 4) is 0 Å². The van der Waals surface area contributed by atoms with Gasteiger partial charge in [-0.25, -0.2) is 4.68 Å². The topological polar surface area (TPSA) is 118 Å². The van der Waals surface area contributed by atoms with E-state index < -0.39 is 34.6 Å². The van der Waals surface area contributed by atoms with E-state index in [0.29, 0.717) is 24.8 Å². The van der Waals surface area contributed by atoms with Gasteiger partial charge in [-0.3, -0.25) is 14.4 Å². The Kier molecular flexibility index (Phi) is 8.83. The monoisotopic (exact) mass is 629 g/mol. The van der Waals surface area contributed by atoms with Crippen molar-refractivity contribution in [2.45, 2.75) is 54.9 Å². The summed E-state index contributed by atoms with van der Waals surface area (Å²) in [6.07, 6.45) is 4.90. The Hall–Kier alpha value is -3.96. The number of aromatic nitrogens is 3. The first kappa shape index (κ1) is 31.0. The summed E-state index contributed by atoms with van der Waals surface area (Å²) in [6, 6.07) is 15.6. The molecular weight excluding hydrogens is 590 g/mol. The number of aliphatic hydroxyl groups is 1. The lowest BCUT2D eigenvalue weighted by Crippen LogP contribution is -2.59. The highest BCUT2D eigenvalue weighted by molar-refractivity contribution is 8.02. The number of carbonyl (C=O) groups excluding carboxylic acids is 3. The lowest BCUT2D eigenvalue weighted by atomic mass is 9.66. The predicted octanol–water partition coefficient (Wildman–Crippen LogP) is 3.46. The highest BCUT2D eigenvalue weighted by Gasteiger charge is 2.77. The number of hydrogen-bond acceptors (Lipinski definition) is 8. The fourth-order valence-corrected chi connectivity index (χ4v) is 10.00.